The summed E-state index contributed by atoms with van der Waals surface area (Å²) in [6.07, 6.45) is -0.0636. The zero-order valence-corrected chi connectivity index (χ0v) is 9.97. The fraction of sp³-hybridized carbons (Fsp3) is 0.0667. The molecule has 0 aliphatic heterocycles. The lowest BCUT2D eigenvalue weighted by Gasteiger charge is -2.05. The normalized spacial score (nSPS) is 10.2. The van der Waals surface area contributed by atoms with Crippen LogP contribution < -0.4 is 0 Å². The number of benzene rings is 2. The van der Waals surface area contributed by atoms with Gasteiger partial charge in [-0.2, -0.15) is 0 Å². The smallest absolute Gasteiger partial charge is 0.335 e. The minimum Gasteiger partial charge on any atom is -0.478 e. The molecular formula is C15H11FO3. The molecule has 0 radical (unpaired) electrons. The van der Waals surface area contributed by atoms with Gasteiger partial charge in [0.2, 0.25) is 0 Å². The fourth-order valence-corrected chi connectivity index (χ4v) is 1.82. The van der Waals surface area contributed by atoms with E-state index in [1.54, 1.807) is 18.2 Å². The van der Waals surface area contributed by atoms with Crippen LogP contribution in [0.2, 0.25) is 0 Å². The Hall–Kier alpha value is -2.49. The molecule has 3 nitrogen and oxygen atoms in total. The van der Waals surface area contributed by atoms with Gasteiger partial charge in [-0.3, -0.25) is 4.79 Å². The Bertz CT molecular complexity index is 635. The Morgan fingerprint density at radius 2 is 1.79 bits per heavy atom. The number of carboxylic acid groups (broad SMARTS) is 1. The Morgan fingerprint density at radius 1 is 1.05 bits per heavy atom. The first-order chi connectivity index (χ1) is 9.08. The summed E-state index contributed by atoms with van der Waals surface area (Å²) < 4.78 is 13.0. The van der Waals surface area contributed by atoms with Crippen LogP contribution in [0.1, 0.15) is 26.3 Å². The van der Waals surface area contributed by atoms with Gasteiger partial charge in [-0.1, -0.05) is 30.3 Å². The molecule has 0 saturated carbocycles. The molecule has 0 spiro atoms. The Kier molecular flexibility index (Phi) is 3.71. The summed E-state index contributed by atoms with van der Waals surface area (Å²) in [6.45, 7) is 0. The van der Waals surface area contributed by atoms with Crippen molar-refractivity contribution < 1.29 is 19.1 Å². The van der Waals surface area contributed by atoms with Crippen molar-refractivity contribution in [3.8, 4) is 0 Å². The van der Waals surface area contributed by atoms with Gasteiger partial charge < -0.3 is 5.11 Å². The summed E-state index contributed by atoms with van der Waals surface area (Å²) in [5.41, 5.74) is 0.747. The van der Waals surface area contributed by atoms with E-state index in [-0.39, 0.29) is 23.3 Å². The molecule has 19 heavy (non-hydrogen) atoms. The molecule has 0 aliphatic carbocycles. The molecule has 1 N–H and O–H groups in total. The largest absolute Gasteiger partial charge is 0.478 e. The monoisotopic (exact) mass is 258 g/mol. The van der Waals surface area contributed by atoms with Crippen molar-refractivity contribution >= 4 is 11.8 Å². The number of carbonyl (C=O) groups is 2. The second kappa shape index (κ2) is 5.44. The zero-order chi connectivity index (χ0) is 13.8. The molecule has 0 amide bonds. The number of Topliss-reactive ketones (excluding diaryl/α,β-unsaturated/α-hetero) is 1. The molecule has 0 heterocycles. The van der Waals surface area contributed by atoms with E-state index in [2.05, 4.69) is 0 Å². The van der Waals surface area contributed by atoms with Gasteiger partial charge in [-0.05, 0) is 23.8 Å². The highest BCUT2D eigenvalue weighted by atomic mass is 19.1. The fourth-order valence-electron chi connectivity index (χ4n) is 1.82. The molecule has 96 valence electrons. The Balaban J connectivity index is 2.27. The Labute approximate surface area is 109 Å². The lowest BCUT2D eigenvalue weighted by atomic mass is 9.99. The SMILES string of the molecule is O=C(Cc1ccccc1C(=O)O)c1cccc(F)c1. The van der Waals surface area contributed by atoms with Gasteiger partial charge in [0.25, 0.3) is 0 Å². The van der Waals surface area contributed by atoms with Crippen molar-refractivity contribution in [2.24, 2.45) is 0 Å². The highest BCUT2D eigenvalue weighted by Crippen LogP contribution is 2.13. The Morgan fingerprint density at radius 3 is 2.47 bits per heavy atom. The van der Waals surface area contributed by atoms with Gasteiger partial charge in [-0.15, -0.1) is 0 Å². The summed E-state index contributed by atoms with van der Waals surface area (Å²) in [6, 6.07) is 11.6. The van der Waals surface area contributed by atoms with Crippen molar-refractivity contribution in [3.05, 3.63) is 71.0 Å². The third kappa shape index (κ3) is 3.04. The van der Waals surface area contributed by atoms with Crippen LogP contribution >= 0.6 is 0 Å². The highest BCUT2D eigenvalue weighted by molar-refractivity contribution is 5.99. The van der Waals surface area contributed by atoms with Gasteiger partial charge in [0.15, 0.2) is 5.78 Å². The van der Waals surface area contributed by atoms with Gasteiger partial charge in [0.1, 0.15) is 5.82 Å². The lowest BCUT2D eigenvalue weighted by molar-refractivity contribution is 0.0696. The van der Waals surface area contributed by atoms with E-state index in [9.17, 15) is 14.0 Å². The molecule has 2 aromatic rings. The maximum Gasteiger partial charge on any atom is 0.335 e. The molecule has 0 fully saturated rings. The van der Waals surface area contributed by atoms with Gasteiger partial charge in [0, 0.05) is 12.0 Å². The number of hydrogen-bond acceptors (Lipinski definition) is 2. The highest BCUT2D eigenvalue weighted by Gasteiger charge is 2.14. The molecule has 0 aliphatic rings. The molecule has 0 atom stereocenters. The van der Waals surface area contributed by atoms with Crippen LogP contribution in [0.15, 0.2) is 48.5 Å². The third-order valence-corrected chi connectivity index (χ3v) is 2.75. The predicted molar refractivity (Wildman–Crippen MR) is 67.8 cm³/mol. The van der Waals surface area contributed by atoms with Crippen LogP contribution in [-0.2, 0) is 6.42 Å². The van der Waals surface area contributed by atoms with Gasteiger partial charge in [0.05, 0.1) is 5.56 Å². The van der Waals surface area contributed by atoms with E-state index in [0.717, 1.165) is 6.07 Å². The van der Waals surface area contributed by atoms with E-state index in [1.165, 1.54) is 24.3 Å². The van der Waals surface area contributed by atoms with Crippen molar-refractivity contribution in [3.63, 3.8) is 0 Å². The molecule has 2 aromatic carbocycles. The van der Waals surface area contributed by atoms with Crippen LogP contribution in [-0.4, -0.2) is 16.9 Å². The van der Waals surface area contributed by atoms with E-state index in [1.807, 2.05) is 0 Å². The zero-order valence-electron chi connectivity index (χ0n) is 9.97. The van der Waals surface area contributed by atoms with Crippen LogP contribution in [0.4, 0.5) is 4.39 Å². The number of halogens is 1. The second-order valence-corrected chi connectivity index (χ2v) is 4.07. The quantitative estimate of drug-likeness (QED) is 0.858. The van der Waals surface area contributed by atoms with Crippen molar-refractivity contribution in [1.82, 2.24) is 0 Å². The summed E-state index contributed by atoms with van der Waals surface area (Å²) >= 11 is 0. The van der Waals surface area contributed by atoms with E-state index < -0.39 is 11.8 Å². The first kappa shape index (κ1) is 13.0. The van der Waals surface area contributed by atoms with E-state index in [0.29, 0.717) is 5.56 Å². The molecule has 0 saturated heterocycles. The number of aromatic carboxylic acids is 1. The van der Waals surface area contributed by atoms with Crippen molar-refractivity contribution in [2.75, 3.05) is 0 Å². The van der Waals surface area contributed by atoms with E-state index in [4.69, 9.17) is 5.11 Å². The van der Waals surface area contributed by atoms with Crippen LogP contribution in [0, 0.1) is 5.82 Å². The molecule has 0 unspecified atom stereocenters. The summed E-state index contributed by atoms with van der Waals surface area (Å²) in [5.74, 6) is -1.88. The van der Waals surface area contributed by atoms with Gasteiger partial charge in [-0.25, -0.2) is 9.18 Å². The maximum atomic E-state index is 13.0. The van der Waals surface area contributed by atoms with Crippen molar-refractivity contribution in [2.45, 2.75) is 6.42 Å². The second-order valence-electron chi connectivity index (χ2n) is 4.07. The number of carboxylic acids is 1. The standard InChI is InChI=1S/C15H11FO3/c16-12-6-3-5-11(8-12)14(17)9-10-4-1-2-7-13(10)15(18)19/h1-8H,9H2,(H,18,19). The van der Waals surface area contributed by atoms with Crippen LogP contribution in [0.25, 0.3) is 0 Å². The lowest BCUT2D eigenvalue weighted by Crippen LogP contribution is -2.09. The first-order valence-electron chi connectivity index (χ1n) is 5.68. The minimum absolute atomic E-state index is 0.0636. The van der Waals surface area contributed by atoms with E-state index >= 15 is 0 Å². The number of ketones is 1. The molecule has 4 heteroatoms. The average molecular weight is 258 g/mol. The number of carbonyl (C=O) groups excluding carboxylic acids is 1. The molecule has 0 bridgehead atoms. The third-order valence-electron chi connectivity index (χ3n) is 2.75. The number of hydrogen-bond donors (Lipinski definition) is 1. The molecule has 2 rings (SSSR count). The predicted octanol–water partition coefficient (Wildman–Crippen LogP) is 2.95. The first-order valence-corrected chi connectivity index (χ1v) is 5.68. The number of rotatable bonds is 4. The molecular weight excluding hydrogens is 247 g/mol. The van der Waals surface area contributed by atoms with Gasteiger partial charge >= 0.3 is 5.97 Å². The topological polar surface area (TPSA) is 54.4 Å². The summed E-state index contributed by atoms with van der Waals surface area (Å²) in [4.78, 5) is 23.0. The summed E-state index contributed by atoms with van der Waals surface area (Å²) in [7, 11) is 0. The van der Waals surface area contributed by atoms with Crippen LogP contribution in [0.3, 0.4) is 0 Å². The minimum atomic E-state index is -1.08. The van der Waals surface area contributed by atoms with Crippen molar-refractivity contribution in [1.29, 1.82) is 0 Å². The molecule has 0 aromatic heterocycles. The van der Waals surface area contributed by atoms with Crippen LogP contribution in [0.5, 0.6) is 0 Å². The maximum absolute atomic E-state index is 13.0. The average Bonchev–Trinajstić information content (AvgIpc) is 2.39. The summed E-state index contributed by atoms with van der Waals surface area (Å²) in [5, 5.41) is 9.02.